The number of hydrogen-bond donors (Lipinski definition) is 1. The lowest BCUT2D eigenvalue weighted by molar-refractivity contribution is -0.137. The highest BCUT2D eigenvalue weighted by Gasteiger charge is 2.30. The zero-order valence-corrected chi connectivity index (χ0v) is 16.4. The standard InChI is InChI=1S/C21H15F3N2O3S/c1-28-18-8-14-13-4-2-3-5-16(13)29-17(14)9-15(18)26-19(27)11-30-20-7-6-12(10-25-20)21(22,23)24/h2-10H,11H2,1H3,(H,26,27). The summed E-state index contributed by atoms with van der Waals surface area (Å²) < 4.78 is 49.0. The zero-order valence-electron chi connectivity index (χ0n) is 15.6. The van der Waals surface area contributed by atoms with Crippen molar-refractivity contribution in [1.29, 1.82) is 0 Å². The number of methoxy groups -OCH3 is 1. The number of amides is 1. The van der Waals surface area contributed by atoms with E-state index in [4.69, 9.17) is 9.15 Å². The molecule has 154 valence electrons. The molecular weight excluding hydrogens is 417 g/mol. The van der Waals surface area contributed by atoms with Crippen LogP contribution in [0.4, 0.5) is 18.9 Å². The number of carbonyl (C=O) groups excluding carboxylic acids is 1. The molecule has 9 heteroatoms. The minimum absolute atomic E-state index is 0.0281. The highest BCUT2D eigenvalue weighted by Crippen LogP contribution is 2.36. The number of pyridine rings is 1. The lowest BCUT2D eigenvalue weighted by Gasteiger charge is -2.10. The smallest absolute Gasteiger partial charge is 0.417 e. The summed E-state index contributed by atoms with van der Waals surface area (Å²) in [5.41, 5.74) is 0.932. The van der Waals surface area contributed by atoms with Gasteiger partial charge >= 0.3 is 6.18 Å². The van der Waals surface area contributed by atoms with E-state index in [1.807, 2.05) is 24.3 Å². The van der Waals surface area contributed by atoms with E-state index in [9.17, 15) is 18.0 Å². The lowest BCUT2D eigenvalue weighted by Crippen LogP contribution is -2.15. The van der Waals surface area contributed by atoms with Crippen molar-refractivity contribution in [3.05, 3.63) is 60.3 Å². The molecule has 2 aromatic carbocycles. The summed E-state index contributed by atoms with van der Waals surface area (Å²) >= 11 is 1.03. The van der Waals surface area contributed by atoms with Gasteiger partial charge in [-0.25, -0.2) is 4.98 Å². The van der Waals surface area contributed by atoms with Gasteiger partial charge in [-0.05, 0) is 24.3 Å². The van der Waals surface area contributed by atoms with Gasteiger partial charge in [0.25, 0.3) is 0 Å². The Kier molecular flexibility index (Phi) is 5.29. The third kappa shape index (κ3) is 4.06. The number of rotatable bonds is 5. The van der Waals surface area contributed by atoms with Crippen molar-refractivity contribution in [2.45, 2.75) is 11.2 Å². The summed E-state index contributed by atoms with van der Waals surface area (Å²) in [7, 11) is 1.50. The number of benzene rings is 2. The number of nitrogens with one attached hydrogen (secondary N) is 1. The summed E-state index contributed by atoms with van der Waals surface area (Å²) in [4.78, 5) is 16.1. The van der Waals surface area contributed by atoms with Gasteiger partial charge in [0, 0.05) is 23.0 Å². The number of carbonyl (C=O) groups is 1. The first kappa shape index (κ1) is 20.1. The summed E-state index contributed by atoms with van der Waals surface area (Å²) in [5, 5.41) is 4.87. The summed E-state index contributed by atoms with van der Waals surface area (Å²) in [6, 6.07) is 13.2. The molecule has 0 radical (unpaired) electrons. The molecule has 0 bridgehead atoms. The molecule has 0 atom stereocenters. The Morgan fingerprint density at radius 3 is 2.63 bits per heavy atom. The first-order valence-corrected chi connectivity index (χ1v) is 9.79. The molecule has 0 aliphatic rings. The number of aromatic nitrogens is 1. The molecule has 0 aliphatic carbocycles. The minimum Gasteiger partial charge on any atom is -0.495 e. The summed E-state index contributed by atoms with van der Waals surface area (Å²) in [6.07, 6.45) is -3.70. The van der Waals surface area contributed by atoms with Gasteiger partial charge in [-0.1, -0.05) is 30.0 Å². The fourth-order valence-corrected chi connectivity index (χ4v) is 3.62. The Labute approximate surface area is 173 Å². The fourth-order valence-electron chi connectivity index (χ4n) is 2.98. The maximum absolute atomic E-state index is 12.6. The topological polar surface area (TPSA) is 64.4 Å². The normalized spacial score (nSPS) is 11.7. The van der Waals surface area contributed by atoms with Crippen molar-refractivity contribution in [1.82, 2.24) is 4.98 Å². The number of ether oxygens (including phenoxy) is 1. The Morgan fingerprint density at radius 1 is 1.13 bits per heavy atom. The number of furan rings is 1. The number of nitrogens with zero attached hydrogens (tertiary/aromatic N) is 1. The van der Waals surface area contributed by atoms with Gasteiger partial charge < -0.3 is 14.5 Å². The Morgan fingerprint density at radius 2 is 1.93 bits per heavy atom. The number of hydrogen-bond acceptors (Lipinski definition) is 5. The maximum atomic E-state index is 12.6. The van der Waals surface area contributed by atoms with Crippen LogP contribution in [-0.2, 0) is 11.0 Å². The third-order valence-corrected chi connectivity index (χ3v) is 5.33. The molecule has 2 aromatic heterocycles. The Balaban J connectivity index is 1.49. The van der Waals surface area contributed by atoms with Gasteiger partial charge in [0.2, 0.25) is 5.91 Å². The Bertz CT molecular complexity index is 1220. The summed E-state index contributed by atoms with van der Waals surface area (Å²) in [5.74, 6) is 0.0928. The molecule has 1 amide bonds. The molecule has 5 nitrogen and oxygen atoms in total. The molecule has 0 unspecified atom stereocenters. The van der Waals surface area contributed by atoms with E-state index in [1.165, 1.54) is 13.2 Å². The van der Waals surface area contributed by atoms with Crippen LogP contribution >= 0.6 is 11.8 Å². The van der Waals surface area contributed by atoms with Crippen molar-refractivity contribution >= 4 is 45.3 Å². The van der Waals surface area contributed by atoms with E-state index in [1.54, 1.807) is 12.1 Å². The average Bonchev–Trinajstić information content (AvgIpc) is 3.08. The van der Waals surface area contributed by atoms with Gasteiger partial charge in [0.05, 0.1) is 29.1 Å². The van der Waals surface area contributed by atoms with Crippen molar-refractivity contribution in [3.63, 3.8) is 0 Å². The second kappa shape index (κ2) is 7.91. The van der Waals surface area contributed by atoms with E-state index in [0.717, 1.165) is 40.4 Å². The second-order valence-electron chi connectivity index (χ2n) is 6.37. The average molecular weight is 432 g/mol. The second-order valence-corrected chi connectivity index (χ2v) is 7.36. The van der Waals surface area contributed by atoms with E-state index < -0.39 is 11.7 Å². The van der Waals surface area contributed by atoms with Crippen LogP contribution in [0, 0.1) is 0 Å². The first-order chi connectivity index (χ1) is 14.3. The quantitative estimate of drug-likeness (QED) is 0.408. The van der Waals surface area contributed by atoms with Crippen LogP contribution in [0.5, 0.6) is 5.75 Å². The van der Waals surface area contributed by atoms with Crippen LogP contribution in [0.15, 0.2) is 64.2 Å². The minimum atomic E-state index is -4.45. The molecule has 1 N–H and O–H groups in total. The number of para-hydroxylation sites is 1. The van der Waals surface area contributed by atoms with Crippen molar-refractivity contribution in [3.8, 4) is 5.75 Å². The monoisotopic (exact) mass is 432 g/mol. The van der Waals surface area contributed by atoms with Gasteiger partial charge in [-0.2, -0.15) is 13.2 Å². The molecule has 30 heavy (non-hydrogen) atoms. The van der Waals surface area contributed by atoms with Crippen LogP contribution in [0.2, 0.25) is 0 Å². The molecule has 4 rings (SSSR count). The molecule has 0 aliphatic heterocycles. The molecule has 2 heterocycles. The number of thioether (sulfide) groups is 1. The van der Waals surface area contributed by atoms with E-state index >= 15 is 0 Å². The maximum Gasteiger partial charge on any atom is 0.417 e. The number of anilines is 1. The highest BCUT2D eigenvalue weighted by molar-refractivity contribution is 7.99. The van der Waals surface area contributed by atoms with Crippen LogP contribution in [0.1, 0.15) is 5.56 Å². The largest absolute Gasteiger partial charge is 0.495 e. The Hall–Kier alpha value is -3.20. The van der Waals surface area contributed by atoms with Gasteiger partial charge in [0.15, 0.2) is 0 Å². The zero-order chi connectivity index (χ0) is 21.3. The molecule has 0 saturated heterocycles. The van der Waals surface area contributed by atoms with Crippen LogP contribution < -0.4 is 10.1 Å². The predicted octanol–water partition coefficient (Wildman–Crippen LogP) is 5.74. The van der Waals surface area contributed by atoms with E-state index in [0.29, 0.717) is 22.0 Å². The van der Waals surface area contributed by atoms with Crippen LogP contribution in [0.25, 0.3) is 21.9 Å². The van der Waals surface area contributed by atoms with Crippen molar-refractivity contribution in [2.75, 3.05) is 18.2 Å². The fraction of sp³-hybridized carbons (Fsp3) is 0.143. The first-order valence-electron chi connectivity index (χ1n) is 8.80. The van der Waals surface area contributed by atoms with E-state index in [2.05, 4.69) is 10.3 Å². The molecular formula is C21H15F3N2O3S. The SMILES string of the molecule is COc1cc2c(cc1NC(=O)CSc1ccc(C(F)(F)F)cn1)oc1ccccc12. The molecule has 0 spiro atoms. The lowest BCUT2D eigenvalue weighted by atomic mass is 10.1. The van der Waals surface area contributed by atoms with Gasteiger partial charge in [-0.15, -0.1) is 0 Å². The molecule has 4 aromatic rings. The van der Waals surface area contributed by atoms with Gasteiger partial charge in [0.1, 0.15) is 16.9 Å². The molecule has 0 saturated carbocycles. The predicted molar refractivity (Wildman–Crippen MR) is 109 cm³/mol. The number of halogens is 3. The van der Waals surface area contributed by atoms with Crippen LogP contribution in [0.3, 0.4) is 0 Å². The molecule has 0 fully saturated rings. The van der Waals surface area contributed by atoms with Crippen LogP contribution in [-0.4, -0.2) is 23.8 Å². The van der Waals surface area contributed by atoms with Crippen molar-refractivity contribution < 1.29 is 27.1 Å². The third-order valence-electron chi connectivity index (χ3n) is 4.39. The van der Waals surface area contributed by atoms with E-state index in [-0.39, 0.29) is 11.7 Å². The van der Waals surface area contributed by atoms with Crippen molar-refractivity contribution in [2.24, 2.45) is 0 Å². The highest BCUT2D eigenvalue weighted by atomic mass is 32.2. The summed E-state index contributed by atoms with van der Waals surface area (Å²) in [6.45, 7) is 0. The number of fused-ring (bicyclic) bond motifs is 3. The number of alkyl halides is 3. The van der Waals surface area contributed by atoms with Gasteiger partial charge in [-0.3, -0.25) is 4.79 Å².